The number of hydrogen-bond acceptors (Lipinski definition) is 4. The number of rotatable bonds is 3. The molecule has 0 radical (unpaired) electrons. The van der Waals surface area contributed by atoms with Gasteiger partial charge >= 0.3 is 6.03 Å². The van der Waals surface area contributed by atoms with E-state index in [0.29, 0.717) is 11.1 Å². The van der Waals surface area contributed by atoms with Crippen LogP contribution in [0.4, 0.5) is 4.79 Å². The Labute approximate surface area is 114 Å². The van der Waals surface area contributed by atoms with Crippen LogP contribution < -0.4 is 22.3 Å². The summed E-state index contributed by atoms with van der Waals surface area (Å²) in [6, 6.07) is 7.85. The second-order valence-electron chi connectivity index (χ2n) is 4.24. The second kappa shape index (κ2) is 5.54. The first-order valence-corrected chi connectivity index (χ1v) is 5.93. The van der Waals surface area contributed by atoms with Crippen LogP contribution in [0.1, 0.15) is 5.56 Å². The number of primary amides is 1. The van der Waals surface area contributed by atoms with Crippen molar-refractivity contribution in [1.82, 2.24) is 9.88 Å². The van der Waals surface area contributed by atoms with Gasteiger partial charge in [0.05, 0.1) is 5.52 Å². The van der Waals surface area contributed by atoms with Crippen molar-refractivity contribution in [1.29, 1.82) is 0 Å². The summed E-state index contributed by atoms with van der Waals surface area (Å²) in [7, 11) is 0. The number of carbonyl (C=O) groups is 2. The lowest BCUT2D eigenvalue weighted by atomic mass is 10.1. The molecule has 7 nitrogen and oxygen atoms in total. The summed E-state index contributed by atoms with van der Waals surface area (Å²) in [5, 5.41) is 2.72. The molecule has 0 aliphatic heterocycles. The Hall–Kier alpha value is -2.67. The van der Waals surface area contributed by atoms with Crippen molar-refractivity contribution in [3.63, 3.8) is 0 Å². The van der Waals surface area contributed by atoms with Gasteiger partial charge in [0, 0.05) is 12.1 Å². The van der Waals surface area contributed by atoms with Crippen molar-refractivity contribution >= 4 is 22.8 Å². The van der Waals surface area contributed by atoms with Crippen LogP contribution in [-0.2, 0) is 17.9 Å². The van der Waals surface area contributed by atoms with E-state index in [4.69, 9.17) is 11.5 Å². The Morgan fingerprint density at radius 2 is 1.95 bits per heavy atom. The summed E-state index contributed by atoms with van der Waals surface area (Å²) in [6.07, 6.45) is 0. The highest BCUT2D eigenvalue weighted by molar-refractivity contribution is 5.94. The molecular formula is C13H14N4O3. The first-order valence-electron chi connectivity index (χ1n) is 5.93. The minimum absolute atomic E-state index is 0.0705. The van der Waals surface area contributed by atoms with Gasteiger partial charge in [-0.2, -0.15) is 0 Å². The maximum Gasteiger partial charge on any atom is 0.318 e. The van der Waals surface area contributed by atoms with Gasteiger partial charge in [-0.25, -0.2) is 4.79 Å². The van der Waals surface area contributed by atoms with Gasteiger partial charge in [-0.15, -0.1) is 0 Å². The summed E-state index contributed by atoms with van der Waals surface area (Å²) >= 11 is 0. The predicted octanol–water partition coefficient (Wildman–Crippen LogP) is -0.345. The molecule has 104 valence electrons. The molecule has 0 aliphatic rings. The number of nitrogens with one attached hydrogen (secondary N) is 1. The van der Waals surface area contributed by atoms with Crippen LogP contribution in [0.2, 0.25) is 0 Å². The first kappa shape index (κ1) is 13.8. The van der Waals surface area contributed by atoms with Crippen molar-refractivity contribution in [2.45, 2.75) is 13.1 Å². The van der Waals surface area contributed by atoms with Crippen LogP contribution in [0.5, 0.6) is 0 Å². The number of urea groups is 1. The maximum atomic E-state index is 12.2. The number of nitrogens with zero attached hydrogens (tertiary/aromatic N) is 1. The lowest BCUT2D eigenvalue weighted by molar-refractivity contribution is -0.120. The van der Waals surface area contributed by atoms with E-state index in [9.17, 15) is 14.4 Å². The second-order valence-corrected chi connectivity index (χ2v) is 4.24. The smallest absolute Gasteiger partial charge is 0.318 e. The first-order chi connectivity index (χ1) is 9.52. The number of para-hydroxylation sites is 1. The lowest BCUT2D eigenvalue weighted by Gasteiger charge is -2.11. The molecule has 0 saturated carbocycles. The van der Waals surface area contributed by atoms with Crippen LogP contribution in [0.25, 0.3) is 10.9 Å². The summed E-state index contributed by atoms with van der Waals surface area (Å²) < 4.78 is 1.27. The molecule has 0 atom stereocenters. The molecule has 1 aromatic carbocycles. The predicted molar refractivity (Wildman–Crippen MR) is 73.8 cm³/mol. The Morgan fingerprint density at radius 1 is 1.25 bits per heavy atom. The quantitative estimate of drug-likeness (QED) is 0.708. The van der Waals surface area contributed by atoms with E-state index in [1.54, 1.807) is 18.2 Å². The van der Waals surface area contributed by atoms with Gasteiger partial charge in [0.1, 0.15) is 6.54 Å². The highest BCUT2D eigenvalue weighted by Gasteiger charge is 2.12. The maximum absolute atomic E-state index is 12.2. The molecule has 0 unspecified atom stereocenters. The minimum Gasteiger partial charge on any atom is -0.351 e. The molecule has 0 bridgehead atoms. The van der Waals surface area contributed by atoms with E-state index in [1.807, 2.05) is 17.4 Å². The number of nitrogens with two attached hydrogens (primary N) is 2. The number of fused-ring (bicyclic) bond motifs is 1. The van der Waals surface area contributed by atoms with Crippen LogP contribution in [0.15, 0.2) is 35.1 Å². The molecule has 1 aromatic heterocycles. The highest BCUT2D eigenvalue weighted by Crippen LogP contribution is 2.13. The zero-order valence-electron chi connectivity index (χ0n) is 10.6. The van der Waals surface area contributed by atoms with Gasteiger partial charge in [0.25, 0.3) is 5.56 Å². The molecule has 0 spiro atoms. The van der Waals surface area contributed by atoms with Gasteiger partial charge in [-0.05, 0) is 17.5 Å². The minimum atomic E-state index is -0.956. The Kier molecular flexibility index (Phi) is 3.81. The van der Waals surface area contributed by atoms with Crippen molar-refractivity contribution in [3.05, 3.63) is 46.2 Å². The van der Waals surface area contributed by atoms with E-state index >= 15 is 0 Å². The van der Waals surface area contributed by atoms with E-state index in [1.165, 1.54) is 4.57 Å². The summed E-state index contributed by atoms with van der Waals surface area (Å²) in [5.41, 5.74) is 11.0. The van der Waals surface area contributed by atoms with Gasteiger partial charge < -0.3 is 11.5 Å². The fraction of sp³-hybridized carbons (Fsp3) is 0.154. The number of aromatic nitrogens is 1. The van der Waals surface area contributed by atoms with Gasteiger partial charge in [-0.3, -0.25) is 19.5 Å². The number of hydrogen-bond donors (Lipinski definition) is 3. The van der Waals surface area contributed by atoms with Gasteiger partial charge in [0.15, 0.2) is 0 Å². The van der Waals surface area contributed by atoms with Crippen LogP contribution in [0, 0.1) is 0 Å². The van der Waals surface area contributed by atoms with Crippen molar-refractivity contribution in [3.8, 4) is 0 Å². The summed E-state index contributed by atoms with van der Waals surface area (Å²) in [5.74, 6) is -0.654. The molecule has 1 heterocycles. The Morgan fingerprint density at radius 3 is 2.60 bits per heavy atom. The molecular weight excluding hydrogens is 260 g/mol. The molecule has 5 N–H and O–H groups in total. The van der Waals surface area contributed by atoms with Crippen LogP contribution in [-0.4, -0.2) is 16.5 Å². The van der Waals surface area contributed by atoms with Crippen molar-refractivity contribution < 1.29 is 9.59 Å². The highest BCUT2D eigenvalue weighted by atomic mass is 16.2. The van der Waals surface area contributed by atoms with E-state index in [-0.39, 0.29) is 18.6 Å². The third-order valence-electron chi connectivity index (χ3n) is 2.86. The number of benzene rings is 1. The van der Waals surface area contributed by atoms with Crippen LogP contribution >= 0.6 is 0 Å². The Bertz CT molecular complexity index is 736. The number of pyridine rings is 1. The van der Waals surface area contributed by atoms with E-state index in [2.05, 4.69) is 0 Å². The molecule has 0 saturated heterocycles. The largest absolute Gasteiger partial charge is 0.351 e. The fourth-order valence-electron chi connectivity index (χ4n) is 2.01. The molecule has 2 rings (SSSR count). The lowest BCUT2D eigenvalue weighted by Crippen LogP contribution is -2.39. The molecule has 2 aromatic rings. The monoisotopic (exact) mass is 274 g/mol. The average Bonchev–Trinajstić information content (AvgIpc) is 2.40. The standard InChI is InChI=1S/C13H14N4O3/c14-6-9-5-8-3-1-2-4-10(8)17(12(9)19)7-11(18)16-13(15)20/h1-5H,6-7,14H2,(H3,15,16,18,20). The SMILES string of the molecule is NCc1cc2ccccc2n(CC(=O)NC(N)=O)c1=O. The van der Waals surface area contributed by atoms with Crippen LogP contribution in [0.3, 0.4) is 0 Å². The average molecular weight is 274 g/mol. The van der Waals surface area contributed by atoms with Gasteiger partial charge in [-0.1, -0.05) is 18.2 Å². The molecule has 3 amide bonds. The number of amides is 3. The zero-order valence-corrected chi connectivity index (χ0v) is 10.6. The Balaban J connectivity index is 2.55. The van der Waals surface area contributed by atoms with E-state index in [0.717, 1.165) is 5.39 Å². The number of imide groups is 1. The normalized spacial score (nSPS) is 10.4. The topological polar surface area (TPSA) is 120 Å². The summed E-state index contributed by atoms with van der Waals surface area (Å²) in [4.78, 5) is 34.5. The zero-order chi connectivity index (χ0) is 14.7. The number of carbonyl (C=O) groups excluding carboxylic acids is 2. The molecule has 7 heteroatoms. The molecule has 20 heavy (non-hydrogen) atoms. The molecule has 0 aliphatic carbocycles. The summed E-state index contributed by atoms with van der Waals surface area (Å²) in [6.45, 7) is -0.225. The van der Waals surface area contributed by atoms with E-state index < -0.39 is 11.9 Å². The van der Waals surface area contributed by atoms with Crippen molar-refractivity contribution in [2.24, 2.45) is 11.5 Å². The third kappa shape index (κ3) is 2.67. The fourth-order valence-corrected chi connectivity index (χ4v) is 2.01. The van der Waals surface area contributed by atoms with Crippen molar-refractivity contribution in [2.75, 3.05) is 0 Å². The molecule has 0 fully saturated rings. The van der Waals surface area contributed by atoms with Gasteiger partial charge in [0.2, 0.25) is 5.91 Å². The third-order valence-corrected chi connectivity index (χ3v) is 2.86.